The van der Waals surface area contributed by atoms with Crippen molar-refractivity contribution in [3.63, 3.8) is 0 Å². The maximum Gasteiger partial charge on any atom is 0.251 e. The number of amides is 3. The topological polar surface area (TPSA) is 95.8 Å². The lowest BCUT2D eigenvalue weighted by molar-refractivity contribution is -0.129. The van der Waals surface area contributed by atoms with Crippen LogP contribution >= 0.6 is 0 Å². The number of likely N-dealkylation sites (N-methyl/N-ethyl adjacent to an activating group) is 1. The molecule has 142 valence electrons. The minimum absolute atomic E-state index is 0.100. The van der Waals surface area contributed by atoms with E-state index in [1.807, 2.05) is 0 Å². The van der Waals surface area contributed by atoms with Crippen LogP contribution in [0.1, 0.15) is 34.7 Å². The van der Waals surface area contributed by atoms with Crippen molar-refractivity contribution < 1.29 is 18.9 Å². The molecule has 1 aliphatic rings. The molecule has 0 bridgehead atoms. The minimum Gasteiger partial charge on any atom is -0.361 e. The molecule has 1 N–H and O–H groups in total. The lowest BCUT2D eigenvalue weighted by atomic mass is 10.2. The highest BCUT2D eigenvalue weighted by Crippen LogP contribution is 2.21. The van der Waals surface area contributed by atoms with Gasteiger partial charge in [0.2, 0.25) is 11.8 Å². The fraction of sp³-hybridized carbons (Fsp3) is 0.368. The van der Waals surface area contributed by atoms with Crippen molar-refractivity contribution in [2.24, 2.45) is 0 Å². The Kier molecular flexibility index (Phi) is 5.54. The molecule has 2 aromatic rings. The summed E-state index contributed by atoms with van der Waals surface area (Å²) in [6.45, 7) is 2.68. The second-order valence-electron chi connectivity index (χ2n) is 6.56. The van der Waals surface area contributed by atoms with E-state index in [0.29, 0.717) is 36.5 Å². The Hall–Kier alpha value is -3.16. The van der Waals surface area contributed by atoms with E-state index in [1.54, 1.807) is 49.2 Å². The number of carbonyl (C=O) groups excluding carboxylic acids is 3. The third kappa shape index (κ3) is 4.52. The van der Waals surface area contributed by atoms with Gasteiger partial charge in [0.15, 0.2) is 0 Å². The normalized spacial score (nSPS) is 13.7. The van der Waals surface area contributed by atoms with Crippen molar-refractivity contribution in [2.75, 3.05) is 25.0 Å². The van der Waals surface area contributed by atoms with Gasteiger partial charge in [0.1, 0.15) is 11.5 Å². The predicted molar refractivity (Wildman–Crippen MR) is 98.1 cm³/mol. The SMILES string of the molecule is Cc1cc(CN(C)C(=O)CNC(=O)c2ccc(N3CCCC3=O)cc2)no1. The van der Waals surface area contributed by atoms with Crippen LogP contribution in [0.5, 0.6) is 0 Å². The highest BCUT2D eigenvalue weighted by atomic mass is 16.5. The summed E-state index contributed by atoms with van der Waals surface area (Å²) in [5.41, 5.74) is 1.88. The zero-order valence-electron chi connectivity index (χ0n) is 15.4. The quantitative estimate of drug-likeness (QED) is 0.831. The van der Waals surface area contributed by atoms with E-state index >= 15 is 0 Å². The summed E-state index contributed by atoms with van der Waals surface area (Å²) < 4.78 is 4.97. The first kappa shape index (κ1) is 18.6. The molecular formula is C19H22N4O4. The zero-order chi connectivity index (χ0) is 19.4. The molecule has 8 nitrogen and oxygen atoms in total. The van der Waals surface area contributed by atoms with Crippen molar-refractivity contribution in [1.29, 1.82) is 0 Å². The number of aromatic nitrogens is 1. The number of rotatable bonds is 6. The van der Waals surface area contributed by atoms with Gasteiger partial charge in [-0.25, -0.2) is 0 Å². The predicted octanol–water partition coefficient (Wildman–Crippen LogP) is 1.50. The summed E-state index contributed by atoms with van der Waals surface area (Å²) in [7, 11) is 1.64. The van der Waals surface area contributed by atoms with E-state index in [2.05, 4.69) is 10.5 Å². The number of anilines is 1. The summed E-state index contributed by atoms with van der Waals surface area (Å²) in [6.07, 6.45) is 1.41. The second-order valence-corrected chi connectivity index (χ2v) is 6.56. The monoisotopic (exact) mass is 370 g/mol. The first-order chi connectivity index (χ1) is 12.9. The lowest BCUT2D eigenvalue weighted by Gasteiger charge is -2.17. The molecule has 0 atom stereocenters. The highest BCUT2D eigenvalue weighted by Gasteiger charge is 2.21. The van der Waals surface area contributed by atoms with E-state index in [4.69, 9.17) is 4.52 Å². The molecule has 3 rings (SSSR count). The van der Waals surface area contributed by atoms with Crippen LogP contribution in [0.25, 0.3) is 0 Å². The van der Waals surface area contributed by atoms with Crippen LogP contribution in [0.15, 0.2) is 34.9 Å². The molecule has 0 aliphatic carbocycles. The first-order valence-corrected chi connectivity index (χ1v) is 8.79. The largest absolute Gasteiger partial charge is 0.361 e. The molecule has 3 amide bonds. The lowest BCUT2D eigenvalue weighted by Crippen LogP contribution is -2.37. The van der Waals surface area contributed by atoms with Crippen LogP contribution < -0.4 is 10.2 Å². The van der Waals surface area contributed by atoms with Crippen molar-refractivity contribution >= 4 is 23.4 Å². The number of hydrogen-bond donors (Lipinski definition) is 1. The number of nitrogens with zero attached hydrogens (tertiary/aromatic N) is 3. The van der Waals surface area contributed by atoms with Crippen LogP contribution in [0.4, 0.5) is 5.69 Å². The molecule has 27 heavy (non-hydrogen) atoms. The Morgan fingerprint density at radius 3 is 2.63 bits per heavy atom. The zero-order valence-corrected chi connectivity index (χ0v) is 15.4. The maximum absolute atomic E-state index is 12.2. The molecule has 0 spiro atoms. The minimum atomic E-state index is -0.340. The third-order valence-corrected chi connectivity index (χ3v) is 4.42. The van der Waals surface area contributed by atoms with E-state index in [0.717, 1.165) is 12.1 Å². The van der Waals surface area contributed by atoms with Gasteiger partial charge in [-0.15, -0.1) is 0 Å². The Balaban J connectivity index is 1.51. The fourth-order valence-electron chi connectivity index (χ4n) is 2.93. The Bertz CT molecular complexity index is 844. The fourth-order valence-corrected chi connectivity index (χ4v) is 2.93. The molecule has 1 aromatic heterocycles. The molecule has 0 unspecified atom stereocenters. The van der Waals surface area contributed by atoms with Gasteiger partial charge in [-0.1, -0.05) is 5.16 Å². The summed E-state index contributed by atoms with van der Waals surface area (Å²) in [5.74, 6) is 0.206. The number of carbonyl (C=O) groups is 3. The van der Waals surface area contributed by atoms with Gasteiger partial charge in [-0.3, -0.25) is 14.4 Å². The molecular weight excluding hydrogens is 348 g/mol. The average molecular weight is 370 g/mol. The summed E-state index contributed by atoms with van der Waals surface area (Å²) in [5, 5.41) is 6.46. The van der Waals surface area contributed by atoms with Gasteiger partial charge in [0.25, 0.3) is 5.91 Å². The first-order valence-electron chi connectivity index (χ1n) is 8.79. The molecule has 1 aromatic carbocycles. The highest BCUT2D eigenvalue weighted by molar-refractivity contribution is 5.98. The van der Waals surface area contributed by atoms with Crippen molar-refractivity contribution in [1.82, 2.24) is 15.4 Å². The molecule has 8 heteroatoms. The summed E-state index contributed by atoms with van der Waals surface area (Å²) >= 11 is 0. The Morgan fingerprint density at radius 1 is 1.30 bits per heavy atom. The smallest absolute Gasteiger partial charge is 0.251 e. The van der Waals surface area contributed by atoms with Gasteiger partial charge in [-0.2, -0.15) is 0 Å². The van der Waals surface area contributed by atoms with Crippen LogP contribution in [-0.4, -0.2) is 47.9 Å². The van der Waals surface area contributed by atoms with E-state index < -0.39 is 0 Å². The second kappa shape index (κ2) is 8.03. The molecule has 0 saturated carbocycles. The maximum atomic E-state index is 12.2. The summed E-state index contributed by atoms with van der Waals surface area (Å²) in [6, 6.07) is 8.57. The van der Waals surface area contributed by atoms with Crippen LogP contribution in [0.3, 0.4) is 0 Å². The van der Waals surface area contributed by atoms with Crippen molar-refractivity contribution in [3.05, 3.63) is 47.3 Å². The van der Waals surface area contributed by atoms with Crippen molar-refractivity contribution in [2.45, 2.75) is 26.3 Å². The van der Waals surface area contributed by atoms with Gasteiger partial charge in [0.05, 0.1) is 13.1 Å². The number of hydrogen-bond acceptors (Lipinski definition) is 5. The average Bonchev–Trinajstić information content (AvgIpc) is 3.27. The van der Waals surface area contributed by atoms with Crippen LogP contribution in [0, 0.1) is 6.92 Å². The molecule has 0 radical (unpaired) electrons. The third-order valence-electron chi connectivity index (χ3n) is 4.42. The van der Waals surface area contributed by atoms with Crippen LogP contribution in [0.2, 0.25) is 0 Å². The van der Waals surface area contributed by atoms with Gasteiger partial charge in [0, 0.05) is 37.3 Å². The van der Waals surface area contributed by atoms with E-state index in [9.17, 15) is 14.4 Å². The molecule has 1 saturated heterocycles. The number of aryl methyl sites for hydroxylation is 1. The van der Waals surface area contributed by atoms with Crippen molar-refractivity contribution in [3.8, 4) is 0 Å². The molecule has 1 aliphatic heterocycles. The van der Waals surface area contributed by atoms with E-state index in [-0.39, 0.29) is 24.3 Å². The van der Waals surface area contributed by atoms with Crippen LogP contribution in [-0.2, 0) is 16.1 Å². The number of nitrogens with one attached hydrogen (secondary N) is 1. The Morgan fingerprint density at radius 2 is 2.04 bits per heavy atom. The van der Waals surface area contributed by atoms with Gasteiger partial charge >= 0.3 is 0 Å². The van der Waals surface area contributed by atoms with Gasteiger partial charge < -0.3 is 19.6 Å². The summed E-state index contributed by atoms with van der Waals surface area (Å²) in [4.78, 5) is 39.4. The molecule has 1 fully saturated rings. The number of benzene rings is 1. The molecule has 2 heterocycles. The van der Waals surface area contributed by atoms with E-state index in [1.165, 1.54) is 4.90 Å². The standard InChI is InChI=1S/C19H22N4O4/c1-13-10-15(21-27-13)12-22(2)18(25)11-20-19(26)14-5-7-16(8-6-14)23-9-3-4-17(23)24/h5-8,10H,3-4,9,11-12H2,1-2H3,(H,20,26). The Labute approximate surface area is 157 Å². The van der Waals surface area contributed by atoms with Gasteiger partial charge in [-0.05, 0) is 37.6 Å².